The molecule has 4 heteroatoms. The first-order valence-corrected chi connectivity index (χ1v) is 12.1. The number of allylic oxidation sites excluding steroid dienone is 2. The van der Waals surface area contributed by atoms with Crippen molar-refractivity contribution in [3.05, 3.63) is 48.6 Å². The standard InChI is InChI=1S/C28H38O4/c1-17-22(30)28(7)26(5)13-8-19-24(2,3)21(29)10-12-25(19,4)20(26)9-14-27(28,6)23(32-17)18-11-15-31-16-18/h10-12,15-16,19-20,22-23,30H,1,8-9,13-14H2,2-7H3/t19?,20?,22?,23-,25?,26?,27-,28?/m0/s1. The first-order chi connectivity index (χ1) is 14.8. The third-order valence-electron chi connectivity index (χ3n) is 11.2. The third-order valence-corrected chi connectivity index (χ3v) is 11.2. The molecule has 1 aromatic rings. The quantitative estimate of drug-likeness (QED) is 0.564. The summed E-state index contributed by atoms with van der Waals surface area (Å²) in [6.45, 7) is 17.7. The number of fused-ring (bicyclic) bond motifs is 5. The highest BCUT2D eigenvalue weighted by Gasteiger charge is 2.74. The minimum absolute atomic E-state index is 0.0841. The molecule has 2 saturated carbocycles. The van der Waals surface area contributed by atoms with Crippen LogP contribution < -0.4 is 0 Å². The lowest BCUT2D eigenvalue weighted by molar-refractivity contribution is -0.291. The zero-order chi connectivity index (χ0) is 23.3. The maximum absolute atomic E-state index is 12.8. The Bertz CT molecular complexity index is 989. The van der Waals surface area contributed by atoms with Crippen molar-refractivity contribution in [3.63, 3.8) is 0 Å². The van der Waals surface area contributed by atoms with Crippen molar-refractivity contribution in [2.45, 2.75) is 79.4 Å². The lowest BCUT2D eigenvalue weighted by Gasteiger charge is -2.73. The highest BCUT2D eigenvalue weighted by atomic mass is 16.5. The molecule has 2 heterocycles. The van der Waals surface area contributed by atoms with Crippen molar-refractivity contribution in [1.29, 1.82) is 0 Å². The first kappa shape index (κ1) is 22.0. The molecule has 1 aromatic heterocycles. The van der Waals surface area contributed by atoms with Gasteiger partial charge in [-0.3, -0.25) is 4.79 Å². The van der Waals surface area contributed by atoms with Crippen LogP contribution in [0.15, 0.2) is 47.5 Å². The van der Waals surface area contributed by atoms with Crippen molar-refractivity contribution < 1.29 is 19.1 Å². The summed E-state index contributed by atoms with van der Waals surface area (Å²) < 4.78 is 11.7. The summed E-state index contributed by atoms with van der Waals surface area (Å²) >= 11 is 0. The van der Waals surface area contributed by atoms with Crippen LogP contribution in [0.3, 0.4) is 0 Å². The summed E-state index contributed by atoms with van der Waals surface area (Å²) in [7, 11) is 0. The van der Waals surface area contributed by atoms with E-state index in [1.54, 1.807) is 12.5 Å². The molecule has 1 N–H and O–H groups in total. The summed E-state index contributed by atoms with van der Waals surface area (Å²) in [6, 6.07) is 1.98. The van der Waals surface area contributed by atoms with E-state index in [4.69, 9.17) is 9.15 Å². The average Bonchev–Trinajstić information content (AvgIpc) is 3.25. The molecule has 1 saturated heterocycles. The van der Waals surface area contributed by atoms with Gasteiger partial charge in [-0.15, -0.1) is 0 Å². The SMILES string of the molecule is C=C1O[C@@H](c2ccoc2)[C@]2(C)CCC3C4(C)C=CC(=O)C(C)(C)C4CCC3(C)C2(C)C1O. The van der Waals surface area contributed by atoms with E-state index in [0.29, 0.717) is 17.6 Å². The minimum atomic E-state index is -0.745. The van der Waals surface area contributed by atoms with Gasteiger partial charge in [0.25, 0.3) is 0 Å². The summed E-state index contributed by atoms with van der Waals surface area (Å²) in [5.41, 5.74) is -0.287. The molecule has 3 aliphatic carbocycles. The first-order valence-electron chi connectivity index (χ1n) is 12.1. The molecule has 0 bridgehead atoms. The molecule has 0 aromatic carbocycles. The van der Waals surface area contributed by atoms with E-state index in [9.17, 15) is 9.90 Å². The van der Waals surface area contributed by atoms with Gasteiger partial charge in [0.1, 0.15) is 18.0 Å². The number of ether oxygens (including phenoxy) is 1. The summed E-state index contributed by atoms with van der Waals surface area (Å²) in [6.07, 6.45) is 10.5. The molecule has 0 radical (unpaired) electrons. The zero-order valence-electron chi connectivity index (χ0n) is 20.4. The Morgan fingerprint density at radius 3 is 2.34 bits per heavy atom. The second-order valence-electron chi connectivity index (χ2n) is 12.4. The van der Waals surface area contributed by atoms with E-state index in [1.165, 1.54) is 0 Å². The van der Waals surface area contributed by atoms with Gasteiger partial charge in [0.05, 0.1) is 12.5 Å². The van der Waals surface area contributed by atoms with Crippen molar-refractivity contribution in [2.75, 3.05) is 0 Å². The van der Waals surface area contributed by atoms with Crippen LogP contribution in [-0.4, -0.2) is 17.0 Å². The molecular weight excluding hydrogens is 400 g/mol. The van der Waals surface area contributed by atoms with E-state index in [0.717, 1.165) is 31.2 Å². The molecule has 1 aliphatic heterocycles. The minimum Gasteiger partial charge on any atom is -0.487 e. The van der Waals surface area contributed by atoms with E-state index < -0.39 is 11.5 Å². The highest BCUT2D eigenvalue weighted by Crippen LogP contribution is 2.77. The maximum atomic E-state index is 12.8. The number of aliphatic hydroxyl groups is 1. The van der Waals surface area contributed by atoms with Crippen LogP contribution >= 0.6 is 0 Å². The molecule has 3 fully saturated rings. The molecule has 174 valence electrons. The van der Waals surface area contributed by atoms with Crippen LogP contribution in [-0.2, 0) is 9.53 Å². The van der Waals surface area contributed by atoms with Crippen LogP contribution in [0.1, 0.15) is 78.9 Å². The zero-order valence-corrected chi connectivity index (χ0v) is 20.4. The van der Waals surface area contributed by atoms with Gasteiger partial charge in [-0.2, -0.15) is 0 Å². The lowest BCUT2D eigenvalue weighted by Crippen LogP contribution is -2.70. The number of hydrogen-bond acceptors (Lipinski definition) is 4. The van der Waals surface area contributed by atoms with Gasteiger partial charge in [-0.1, -0.05) is 54.2 Å². The predicted molar refractivity (Wildman–Crippen MR) is 123 cm³/mol. The number of furan rings is 1. The molecule has 5 rings (SSSR count). The van der Waals surface area contributed by atoms with Gasteiger partial charge in [0.2, 0.25) is 0 Å². The summed E-state index contributed by atoms with van der Waals surface area (Å²) in [4.78, 5) is 12.8. The topological polar surface area (TPSA) is 59.7 Å². The predicted octanol–water partition coefficient (Wildman–Crippen LogP) is 6.24. The van der Waals surface area contributed by atoms with E-state index in [-0.39, 0.29) is 33.5 Å². The van der Waals surface area contributed by atoms with E-state index >= 15 is 0 Å². The summed E-state index contributed by atoms with van der Waals surface area (Å²) in [5, 5.41) is 11.7. The van der Waals surface area contributed by atoms with E-state index in [2.05, 4.69) is 54.2 Å². The Kier molecular flexibility index (Phi) is 4.40. The highest BCUT2D eigenvalue weighted by molar-refractivity contribution is 5.95. The Morgan fingerprint density at radius 1 is 1.03 bits per heavy atom. The number of aliphatic hydroxyl groups excluding tert-OH is 1. The van der Waals surface area contributed by atoms with Gasteiger partial charge in [0.15, 0.2) is 5.78 Å². The molecular formula is C28H38O4. The maximum Gasteiger partial charge on any atom is 0.161 e. The molecule has 32 heavy (non-hydrogen) atoms. The molecule has 4 aliphatic rings. The number of carbonyl (C=O) groups excluding carboxylic acids is 1. The average molecular weight is 439 g/mol. The van der Waals surface area contributed by atoms with Crippen molar-refractivity contribution in [3.8, 4) is 0 Å². The fourth-order valence-corrected chi connectivity index (χ4v) is 9.03. The third kappa shape index (κ3) is 2.30. The second kappa shape index (κ2) is 6.40. The number of carbonyl (C=O) groups is 1. The molecule has 4 nitrogen and oxygen atoms in total. The summed E-state index contributed by atoms with van der Waals surface area (Å²) in [5.74, 6) is 1.37. The van der Waals surface area contributed by atoms with Crippen LogP contribution in [0.4, 0.5) is 0 Å². The van der Waals surface area contributed by atoms with Gasteiger partial charge in [-0.25, -0.2) is 0 Å². The number of rotatable bonds is 1. The largest absolute Gasteiger partial charge is 0.487 e. The fourth-order valence-electron chi connectivity index (χ4n) is 9.03. The van der Waals surface area contributed by atoms with Crippen LogP contribution in [0.2, 0.25) is 0 Å². The Hall–Kier alpha value is -1.81. The van der Waals surface area contributed by atoms with Gasteiger partial charge < -0.3 is 14.3 Å². The van der Waals surface area contributed by atoms with Gasteiger partial charge >= 0.3 is 0 Å². The van der Waals surface area contributed by atoms with Crippen molar-refractivity contribution in [2.24, 2.45) is 38.9 Å². The van der Waals surface area contributed by atoms with Crippen molar-refractivity contribution in [1.82, 2.24) is 0 Å². The molecule has 8 atom stereocenters. The Morgan fingerprint density at radius 2 is 1.69 bits per heavy atom. The van der Waals surface area contributed by atoms with Crippen LogP contribution in [0.25, 0.3) is 0 Å². The Balaban J connectivity index is 1.67. The second-order valence-corrected chi connectivity index (χ2v) is 12.4. The van der Waals surface area contributed by atoms with Gasteiger partial charge in [-0.05, 0) is 60.5 Å². The normalized spacial score (nSPS) is 49.6. The fraction of sp³-hybridized carbons (Fsp3) is 0.679. The molecule has 0 spiro atoms. The van der Waals surface area contributed by atoms with Crippen LogP contribution in [0.5, 0.6) is 0 Å². The molecule has 6 unspecified atom stereocenters. The smallest absolute Gasteiger partial charge is 0.161 e. The van der Waals surface area contributed by atoms with Crippen LogP contribution in [0, 0.1) is 38.9 Å². The monoisotopic (exact) mass is 438 g/mol. The lowest BCUT2D eigenvalue weighted by atomic mass is 9.32. The van der Waals surface area contributed by atoms with Gasteiger partial charge in [0, 0.05) is 21.8 Å². The van der Waals surface area contributed by atoms with E-state index in [1.807, 2.05) is 12.1 Å². The number of ketones is 1. The molecule has 0 amide bonds. The van der Waals surface area contributed by atoms with Crippen molar-refractivity contribution >= 4 is 5.78 Å². The number of hydrogen-bond donors (Lipinski definition) is 1. The Labute approximate surface area is 192 Å².